The molecule has 51 heavy (non-hydrogen) atoms. The van der Waals surface area contributed by atoms with Gasteiger partial charge in [-0.25, -0.2) is 12.8 Å². The highest BCUT2D eigenvalue weighted by molar-refractivity contribution is 7.90. The van der Waals surface area contributed by atoms with Crippen LogP contribution in [-0.2, 0) is 30.5 Å². The molecule has 0 saturated carbocycles. The third-order valence-electron chi connectivity index (χ3n) is 8.89. The van der Waals surface area contributed by atoms with Crippen molar-refractivity contribution in [1.82, 2.24) is 40.0 Å². The van der Waals surface area contributed by atoms with Gasteiger partial charge in [-0.05, 0) is 68.5 Å². The van der Waals surface area contributed by atoms with Crippen LogP contribution in [0, 0.1) is 33.5 Å². The number of fused-ring (bicyclic) bond motifs is 6. The van der Waals surface area contributed by atoms with Crippen LogP contribution < -0.4 is 10.6 Å². The molecule has 16 heteroatoms. The van der Waals surface area contributed by atoms with Gasteiger partial charge in [-0.1, -0.05) is 31.7 Å². The van der Waals surface area contributed by atoms with Gasteiger partial charge in [-0.15, -0.1) is 32.9 Å². The van der Waals surface area contributed by atoms with Gasteiger partial charge in [-0.2, -0.15) is 20.4 Å². The first-order valence-electron chi connectivity index (χ1n) is 15.8. The maximum absolute atomic E-state index is 13.8. The summed E-state index contributed by atoms with van der Waals surface area (Å²) >= 11 is 3.16. The van der Waals surface area contributed by atoms with Crippen LogP contribution in [0.15, 0.2) is 46.9 Å². The molecule has 0 atom stereocenters. The number of thiophene rings is 2. The lowest BCUT2D eigenvalue weighted by Crippen LogP contribution is -2.05. The van der Waals surface area contributed by atoms with Gasteiger partial charge in [0.1, 0.15) is 20.4 Å². The molecule has 6 aromatic heterocycles. The molecule has 8 rings (SSSR count). The summed E-state index contributed by atoms with van der Waals surface area (Å²) in [5, 5.41) is 35.2. The molecule has 1 aromatic carbocycles. The van der Waals surface area contributed by atoms with E-state index in [1.165, 1.54) is 40.0 Å². The van der Waals surface area contributed by atoms with Crippen LogP contribution in [-0.4, -0.2) is 61.2 Å². The van der Waals surface area contributed by atoms with Crippen LogP contribution in [0.2, 0.25) is 0 Å². The van der Waals surface area contributed by atoms with Crippen molar-refractivity contribution in [2.45, 2.75) is 53.0 Å². The normalized spacial score (nSPS) is 12.8. The number of rotatable bonds is 7. The second-order valence-corrected chi connectivity index (χ2v) is 16.3. The molecule has 0 aliphatic heterocycles. The van der Waals surface area contributed by atoms with E-state index in [4.69, 9.17) is 0 Å². The Morgan fingerprint density at radius 1 is 0.824 bits per heavy atom. The van der Waals surface area contributed by atoms with E-state index in [1.807, 2.05) is 39.5 Å². The largest absolute Gasteiger partial charge is 0.363 e. The van der Waals surface area contributed by atoms with Crippen molar-refractivity contribution < 1.29 is 12.8 Å². The predicted octanol–water partition coefficient (Wildman–Crippen LogP) is 7.48. The first-order chi connectivity index (χ1) is 23.8. The molecule has 266 valence electrons. The van der Waals surface area contributed by atoms with E-state index in [2.05, 4.69) is 66.4 Å². The number of halogens is 1. The zero-order valence-electron chi connectivity index (χ0n) is 28.6. The molecule has 2 N–H and O–H groups in total. The monoisotopic (exact) mass is 746 g/mol. The summed E-state index contributed by atoms with van der Waals surface area (Å²) in [5.74, 6) is 0.849. The highest BCUT2D eigenvalue weighted by Gasteiger charge is 2.21. The second-order valence-electron chi connectivity index (χ2n) is 12.3. The van der Waals surface area contributed by atoms with Gasteiger partial charge >= 0.3 is 0 Å². The Morgan fingerprint density at radius 2 is 1.35 bits per heavy atom. The molecule has 6 heterocycles. The minimum Gasteiger partial charge on any atom is -0.363 e. The number of nitrogens with zero attached hydrogens (tertiary/aromatic N) is 8. The first kappa shape index (κ1) is 36.0. The minimum atomic E-state index is -3.63. The standard InChI is InChI=1S/C18H18FN5O2S2.C16H17N5S.CH4/c1-9-10(2)21-22-18-14(9)15-16(27-18)17(23-24(15)3)20-8-11-5-6-12(19)13(7-11)28(4,25)26;1-9-10(2)18-19-16-12(9)13-14(22-16)15(20-21(13)3)17-8-11-6-4-5-7-11;/h5-7H,8H2,1-4H3,(H,20,23);4,6-7H,5,8H2,1-3H3,(H,17,20);1H4. The van der Waals surface area contributed by atoms with Crippen LogP contribution in [0.25, 0.3) is 40.9 Å². The molecule has 0 fully saturated rings. The maximum Gasteiger partial charge on any atom is 0.178 e. The molecule has 0 bridgehead atoms. The van der Waals surface area contributed by atoms with Gasteiger partial charge in [0.25, 0.3) is 0 Å². The zero-order valence-corrected chi connectivity index (χ0v) is 31.0. The number of anilines is 2. The highest BCUT2D eigenvalue weighted by Crippen LogP contribution is 2.40. The molecule has 12 nitrogen and oxygen atoms in total. The zero-order chi connectivity index (χ0) is 35.5. The Hall–Kier alpha value is -4.80. The number of sulfone groups is 1. The predicted molar refractivity (Wildman–Crippen MR) is 206 cm³/mol. The molecule has 0 radical (unpaired) electrons. The first-order valence-corrected chi connectivity index (χ1v) is 19.3. The lowest BCUT2D eigenvalue weighted by molar-refractivity contribution is 0.570. The average molecular weight is 747 g/mol. The van der Waals surface area contributed by atoms with E-state index in [9.17, 15) is 12.8 Å². The van der Waals surface area contributed by atoms with Crippen molar-refractivity contribution in [3.05, 3.63) is 75.9 Å². The molecule has 0 amide bonds. The van der Waals surface area contributed by atoms with Crippen LogP contribution in [0.3, 0.4) is 0 Å². The number of benzene rings is 1. The molecule has 0 unspecified atom stereocenters. The molecule has 7 aromatic rings. The van der Waals surface area contributed by atoms with E-state index in [-0.39, 0.29) is 12.3 Å². The Balaban J connectivity index is 0.000000177. The molecular weight excluding hydrogens is 708 g/mol. The number of nitrogens with one attached hydrogen (secondary N) is 2. The summed E-state index contributed by atoms with van der Waals surface area (Å²) in [6.45, 7) is 9.17. The lowest BCUT2D eigenvalue weighted by atomic mass is 10.1. The molecule has 0 saturated heterocycles. The number of aryl methyl sites for hydroxylation is 6. The van der Waals surface area contributed by atoms with Crippen molar-refractivity contribution in [2.24, 2.45) is 14.1 Å². The van der Waals surface area contributed by atoms with E-state index >= 15 is 0 Å². The smallest absolute Gasteiger partial charge is 0.178 e. The fourth-order valence-corrected chi connectivity index (χ4v) is 9.13. The third-order valence-corrected chi connectivity index (χ3v) is 12.1. The number of hydrogen-bond donors (Lipinski definition) is 2. The summed E-state index contributed by atoms with van der Waals surface area (Å²) in [6.07, 6.45) is 8.60. The van der Waals surface area contributed by atoms with E-state index in [0.29, 0.717) is 17.9 Å². The number of aromatic nitrogens is 8. The van der Waals surface area contributed by atoms with Crippen molar-refractivity contribution in [3.63, 3.8) is 0 Å². The van der Waals surface area contributed by atoms with Gasteiger partial charge in [-0.3, -0.25) is 9.36 Å². The van der Waals surface area contributed by atoms with Crippen molar-refractivity contribution in [1.29, 1.82) is 0 Å². The average Bonchev–Trinajstić information content (AvgIpc) is 3.89. The van der Waals surface area contributed by atoms with E-state index < -0.39 is 15.7 Å². The molecule has 1 aliphatic carbocycles. The SMILES string of the molecule is C.Cc1nnc2sc3c(NCC4=CCC=C4)nn(C)c3c2c1C.Cc1nnc2sc3c(NCc4ccc(F)c(S(C)(=O)=O)c4)nn(C)c3c2c1C. The second kappa shape index (κ2) is 13.7. The Morgan fingerprint density at radius 3 is 1.84 bits per heavy atom. The molecular formula is C35H39FN10O2S3. The lowest BCUT2D eigenvalue weighted by Gasteiger charge is -2.06. The fraction of sp³-hybridized carbons (Fsp3) is 0.314. The summed E-state index contributed by atoms with van der Waals surface area (Å²) in [7, 11) is 0.228. The van der Waals surface area contributed by atoms with Crippen LogP contribution in [0.5, 0.6) is 0 Å². The van der Waals surface area contributed by atoms with Gasteiger partial charge in [0, 0.05) is 44.2 Å². The topological polar surface area (TPSA) is 145 Å². The Labute approximate surface area is 303 Å². The summed E-state index contributed by atoms with van der Waals surface area (Å²) < 4.78 is 43.1. The summed E-state index contributed by atoms with van der Waals surface area (Å²) in [6, 6.07) is 4.07. The van der Waals surface area contributed by atoms with E-state index in [0.717, 1.165) is 77.5 Å². The molecule has 1 aliphatic rings. The minimum absolute atomic E-state index is 0. The Bertz CT molecular complexity index is 2650. The third kappa shape index (κ3) is 6.58. The van der Waals surface area contributed by atoms with Gasteiger partial charge < -0.3 is 10.6 Å². The fourth-order valence-electron chi connectivity index (χ4n) is 6.00. The maximum atomic E-state index is 13.8. The Kier molecular flexibility index (Phi) is 9.69. The summed E-state index contributed by atoms with van der Waals surface area (Å²) in [4.78, 5) is 1.52. The van der Waals surface area contributed by atoms with Gasteiger partial charge in [0.2, 0.25) is 0 Å². The van der Waals surface area contributed by atoms with Crippen LogP contribution in [0.1, 0.15) is 41.9 Å². The van der Waals surface area contributed by atoms with Crippen molar-refractivity contribution in [2.75, 3.05) is 23.4 Å². The number of hydrogen-bond acceptors (Lipinski definition) is 12. The molecule has 0 spiro atoms. The van der Waals surface area contributed by atoms with Crippen molar-refractivity contribution >= 4 is 85.0 Å². The quantitative estimate of drug-likeness (QED) is 0.168. The van der Waals surface area contributed by atoms with Crippen LogP contribution >= 0.6 is 22.7 Å². The van der Waals surface area contributed by atoms with E-state index in [1.54, 1.807) is 22.1 Å². The summed E-state index contributed by atoms with van der Waals surface area (Å²) in [5.41, 5.74) is 8.20. The van der Waals surface area contributed by atoms with Crippen molar-refractivity contribution in [3.8, 4) is 0 Å². The number of allylic oxidation sites excluding steroid dienone is 2. The van der Waals surface area contributed by atoms with Gasteiger partial charge in [0.05, 0.1) is 31.8 Å². The van der Waals surface area contributed by atoms with Gasteiger partial charge in [0.15, 0.2) is 21.5 Å². The van der Waals surface area contributed by atoms with Crippen LogP contribution in [0.4, 0.5) is 16.0 Å². The highest BCUT2D eigenvalue weighted by atomic mass is 32.2.